The van der Waals surface area contributed by atoms with Crippen molar-refractivity contribution in [3.8, 4) is 17.2 Å². The molecule has 27 heavy (non-hydrogen) atoms. The Morgan fingerprint density at radius 2 is 1.93 bits per heavy atom. The van der Waals surface area contributed by atoms with E-state index in [1.807, 2.05) is 35.0 Å². The van der Waals surface area contributed by atoms with Crippen molar-refractivity contribution >= 4 is 35.0 Å². The number of fused-ring (bicyclic) bond motifs is 1. The Balaban J connectivity index is 1.39. The third kappa shape index (κ3) is 4.20. The standard InChI is InChI=1S/C19H16ClN3O3S/c20-13-1-4-15(5-2-13)23-8-7-21-19(23)27-12-18(24)22-14-3-6-16-17(11-14)26-10-9-25-16/h1-8,11H,9-10,12H2,(H,22,24). The second kappa shape index (κ2) is 7.94. The van der Waals surface area contributed by atoms with Crippen molar-refractivity contribution in [1.82, 2.24) is 9.55 Å². The summed E-state index contributed by atoms with van der Waals surface area (Å²) < 4.78 is 12.9. The van der Waals surface area contributed by atoms with E-state index >= 15 is 0 Å². The largest absolute Gasteiger partial charge is 0.486 e. The average Bonchev–Trinajstić information content (AvgIpc) is 3.15. The number of hydrogen-bond acceptors (Lipinski definition) is 5. The molecule has 0 spiro atoms. The molecule has 0 radical (unpaired) electrons. The molecule has 0 saturated heterocycles. The van der Waals surface area contributed by atoms with Crippen LogP contribution in [0.3, 0.4) is 0 Å². The Bertz CT molecular complexity index is 959. The summed E-state index contributed by atoms with van der Waals surface area (Å²) in [5, 5.41) is 4.28. The minimum Gasteiger partial charge on any atom is -0.486 e. The normalized spacial score (nSPS) is 12.6. The lowest BCUT2D eigenvalue weighted by atomic mass is 10.2. The summed E-state index contributed by atoms with van der Waals surface area (Å²) in [6.45, 7) is 1.04. The van der Waals surface area contributed by atoms with E-state index in [2.05, 4.69) is 10.3 Å². The van der Waals surface area contributed by atoms with Crippen LogP contribution < -0.4 is 14.8 Å². The highest BCUT2D eigenvalue weighted by Gasteiger charge is 2.14. The first-order chi connectivity index (χ1) is 13.2. The van der Waals surface area contributed by atoms with Gasteiger partial charge in [-0.3, -0.25) is 9.36 Å². The van der Waals surface area contributed by atoms with Gasteiger partial charge in [0.15, 0.2) is 16.7 Å². The van der Waals surface area contributed by atoms with E-state index in [4.69, 9.17) is 21.1 Å². The number of carbonyl (C=O) groups is 1. The van der Waals surface area contributed by atoms with Gasteiger partial charge in [-0.05, 0) is 36.4 Å². The predicted molar refractivity (Wildman–Crippen MR) is 105 cm³/mol. The summed E-state index contributed by atoms with van der Waals surface area (Å²) in [4.78, 5) is 16.6. The van der Waals surface area contributed by atoms with Gasteiger partial charge in [-0.2, -0.15) is 0 Å². The molecule has 0 bridgehead atoms. The maximum absolute atomic E-state index is 12.3. The molecule has 2 aromatic carbocycles. The van der Waals surface area contributed by atoms with Gasteiger partial charge in [0.05, 0.1) is 5.75 Å². The minimum atomic E-state index is -0.123. The molecule has 0 atom stereocenters. The molecular weight excluding hydrogens is 386 g/mol. The zero-order valence-corrected chi connectivity index (χ0v) is 15.8. The van der Waals surface area contributed by atoms with Crippen LogP contribution in [0.15, 0.2) is 60.0 Å². The molecule has 6 nitrogen and oxygen atoms in total. The highest BCUT2D eigenvalue weighted by Crippen LogP contribution is 2.32. The molecule has 0 unspecified atom stereocenters. The summed E-state index contributed by atoms with van der Waals surface area (Å²) >= 11 is 7.30. The monoisotopic (exact) mass is 401 g/mol. The van der Waals surface area contributed by atoms with Gasteiger partial charge in [0, 0.05) is 34.9 Å². The zero-order chi connectivity index (χ0) is 18.6. The zero-order valence-electron chi connectivity index (χ0n) is 14.2. The van der Waals surface area contributed by atoms with Crippen molar-refractivity contribution in [1.29, 1.82) is 0 Å². The maximum atomic E-state index is 12.3. The van der Waals surface area contributed by atoms with Gasteiger partial charge < -0.3 is 14.8 Å². The fraction of sp³-hybridized carbons (Fsp3) is 0.158. The summed E-state index contributed by atoms with van der Waals surface area (Å²) in [5.41, 5.74) is 1.61. The maximum Gasteiger partial charge on any atom is 0.234 e. The van der Waals surface area contributed by atoms with E-state index in [0.29, 0.717) is 35.4 Å². The first-order valence-electron chi connectivity index (χ1n) is 8.31. The van der Waals surface area contributed by atoms with Crippen molar-refractivity contribution in [3.05, 3.63) is 59.9 Å². The molecule has 0 fully saturated rings. The number of carbonyl (C=O) groups excluding carboxylic acids is 1. The van der Waals surface area contributed by atoms with Gasteiger partial charge in [-0.1, -0.05) is 23.4 Å². The fourth-order valence-corrected chi connectivity index (χ4v) is 3.54. The van der Waals surface area contributed by atoms with Crippen molar-refractivity contribution in [2.24, 2.45) is 0 Å². The summed E-state index contributed by atoms with van der Waals surface area (Å²) in [7, 11) is 0. The number of rotatable bonds is 5. The predicted octanol–water partition coefficient (Wildman–Crippen LogP) is 4.03. The number of amides is 1. The third-order valence-corrected chi connectivity index (χ3v) is 5.09. The summed E-state index contributed by atoms with van der Waals surface area (Å²) in [5.74, 6) is 1.45. The molecule has 1 amide bonds. The van der Waals surface area contributed by atoms with Gasteiger partial charge in [0.2, 0.25) is 5.91 Å². The van der Waals surface area contributed by atoms with Gasteiger partial charge in [-0.15, -0.1) is 0 Å². The topological polar surface area (TPSA) is 65.4 Å². The van der Waals surface area contributed by atoms with Crippen LogP contribution in [0.4, 0.5) is 5.69 Å². The Kier molecular flexibility index (Phi) is 5.22. The average molecular weight is 402 g/mol. The van der Waals surface area contributed by atoms with Crippen molar-refractivity contribution in [3.63, 3.8) is 0 Å². The Hall–Kier alpha value is -2.64. The second-order valence-electron chi connectivity index (χ2n) is 5.75. The van der Waals surface area contributed by atoms with Gasteiger partial charge in [0.1, 0.15) is 13.2 Å². The Morgan fingerprint density at radius 1 is 1.15 bits per heavy atom. The van der Waals surface area contributed by atoms with Gasteiger partial charge in [-0.25, -0.2) is 4.98 Å². The minimum absolute atomic E-state index is 0.123. The summed E-state index contributed by atoms with van der Waals surface area (Å²) in [6, 6.07) is 12.8. The van der Waals surface area contributed by atoms with Crippen LogP contribution in [0.1, 0.15) is 0 Å². The molecule has 0 saturated carbocycles. The number of nitrogens with zero attached hydrogens (tertiary/aromatic N) is 2. The van der Waals surface area contributed by atoms with E-state index in [0.717, 1.165) is 10.8 Å². The number of aromatic nitrogens is 2. The molecule has 0 aliphatic carbocycles. The molecule has 1 aliphatic rings. The highest BCUT2D eigenvalue weighted by molar-refractivity contribution is 7.99. The van der Waals surface area contributed by atoms with Crippen LogP contribution in [0.25, 0.3) is 5.69 Å². The van der Waals surface area contributed by atoms with Crippen LogP contribution in [0.5, 0.6) is 11.5 Å². The van der Waals surface area contributed by atoms with Gasteiger partial charge in [0.25, 0.3) is 0 Å². The van der Waals surface area contributed by atoms with Crippen LogP contribution >= 0.6 is 23.4 Å². The lowest BCUT2D eigenvalue weighted by Crippen LogP contribution is -2.17. The first kappa shape index (κ1) is 17.8. The number of imidazole rings is 1. The SMILES string of the molecule is O=C(CSc1nccn1-c1ccc(Cl)cc1)Nc1ccc2c(c1)OCCO2. The van der Waals surface area contributed by atoms with Gasteiger partial charge >= 0.3 is 0 Å². The smallest absolute Gasteiger partial charge is 0.234 e. The number of anilines is 1. The summed E-state index contributed by atoms with van der Waals surface area (Å²) in [6.07, 6.45) is 3.56. The number of halogens is 1. The molecule has 8 heteroatoms. The van der Waals surface area contributed by atoms with E-state index in [1.165, 1.54) is 11.8 Å². The number of thioether (sulfide) groups is 1. The molecule has 1 aromatic heterocycles. The molecule has 2 heterocycles. The Labute approximate surface area is 165 Å². The van der Waals surface area contributed by atoms with Crippen molar-refractivity contribution < 1.29 is 14.3 Å². The van der Waals surface area contributed by atoms with E-state index in [-0.39, 0.29) is 11.7 Å². The van der Waals surface area contributed by atoms with E-state index < -0.39 is 0 Å². The number of nitrogens with one attached hydrogen (secondary N) is 1. The molecule has 1 N–H and O–H groups in total. The van der Waals surface area contributed by atoms with E-state index in [9.17, 15) is 4.79 Å². The highest BCUT2D eigenvalue weighted by atomic mass is 35.5. The quantitative estimate of drug-likeness (QED) is 0.654. The first-order valence-corrected chi connectivity index (χ1v) is 9.67. The lowest BCUT2D eigenvalue weighted by molar-refractivity contribution is -0.113. The number of ether oxygens (including phenoxy) is 2. The van der Waals surface area contributed by atoms with Crippen molar-refractivity contribution in [2.75, 3.05) is 24.3 Å². The fourth-order valence-electron chi connectivity index (χ4n) is 2.64. The molecule has 138 valence electrons. The van der Waals surface area contributed by atoms with Crippen LogP contribution in [-0.2, 0) is 4.79 Å². The molecule has 4 rings (SSSR count). The van der Waals surface area contributed by atoms with Crippen LogP contribution in [-0.4, -0.2) is 34.4 Å². The molecule has 3 aromatic rings. The number of benzene rings is 2. The molecule has 1 aliphatic heterocycles. The molecular formula is C19H16ClN3O3S. The Morgan fingerprint density at radius 3 is 2.74 bits per heavy atom. The third-order valence-electron chi connectivity index (χ3n) is 3.87. The van der Waals surface area contributed by atoms with E-state index in [1.54, 1.807) is 24.4 Å². The number of hydrogen-bond donors (Lipinski definition) is 1. The lowest BCUT2D eigenvalue weighted by Gasteiger charge is -2.19. The van der Waals surface area contributed by atoms with Crippen LogP contribution in [0, 0.1) is 0 Å². The second-order valence-corrected chi connectivity index (χ2v) is 7.13. The van der Waals surface area contributed by atoms with Crippen molar-refractivity contribution in [2.45, 2.75) is 5.16 Å². The van der Waals surface area contributed by atoms with Crippen LogP contribution in [0.2, 0.25) is 5.02 Å².